The summed E-state index contributed by atoms with van der Waals surface area (Å²) in [6, 6.07) is 5.00. The molecule has 0 aliphatic heterocycles. The summed E-state index contributed by atoms with van der Waals surface area (Å²) in [7, 11) is 1.44. The molecule has 3 N–H and O–H groups in total. The molecule has 1 aromatic rings. The highest BCUT2D eigenvalue weighted by atomic mass is 16.5. The SMILES string of the molecule is CN([O-])c1ccc2c(c1)C(N)[C@@H](O)C2. The number of hydrogen-bond acceptors (Lipinski definition) is 4. The molecule has 0 amide bonds. The molecular formula is C10H13N2O2-. The van der Waals surface area contributed by atoms with Crippen LogP contribution in [0.4, 0.5) is 5.69 Å². The van der Waals surface area contributed by atoms with Crippen molar-refractivity contribution in [3.05, 3.63) is 34.5 Å². The fourth-order valence-electron chi connectivity index (χ4n) is 1.83. The molecule has 2 atom stereocenters. The minimum atomic E-state index is -0.516. The smallest absolute Gasteiger partial charge is 0.0773 e. The van der Waals surface area contributed by atoms with Gasteiger partial charge in [-0.2, -0.15) is 0 Å². The summed E-state index contributed by atoms with van der Waals surface area (Å²) in [5.74, 6) is 0. The first-order chi connectivity index (χ1) is 6.59. The van der Waals surface area contributed by atoms with Crippen LogP contribution in [-0.4, -0.2) is 18.3 Å². The molecule has 76 valence electrons. The molecule has 0 fully saturated rings. The van der Waals surface area contributed by atoms with E-state index in [2.05, 4.69) is 0 Å². The Balaban J connectivity index is 2.41. The molecule has 0 saturated heterocycles. The Labute approximate surface area is 82.5 Å². The Morgan fingerprint density at radius 3 is 2.93 bits per heavy atom. The Hall–Kier alpha value is -1.10. The number of nitrogens with two attached hydrogens (primary N) is 1. The van der Waals surface area contributed by atoms with Crippen molar-refractivity contribution in [2.24, 2.45) is 5.73 Å². The number of fused-ring (bicyclic) bond motifs is 1. The van der Waals surface area contributed by atoms with Gasteiger partial charge in [0.15, 0.2) is 0 Å². The van der Waals surface area contributed by atoms with E-state index in [0.717, 1.165) is 16.2 Å². The second-order valence-electron chi connectivity index (χ2n) is 3.68. The molecule has 4 heteroatoms. The average Bonchev–Trinajstić information content (AvgIpc) is 2.43. The summed E-state index contributed by atoms with van der Waals surface area (Å²) < 4.78 is 0. The number of benzene rings is 1. The number of hydrogen-bond donors (Lipinski definition) is 2. The van der Waals surface area contributed by atoms with E-state index in [1.165, 1.54) is 7.05 Å². The first-order valence-electron chi connectivity index (χ1n) is 4.57. The maximum Gasteiger partial charge on any atom is 0.0773 e. The highest BCUT2D eigenvalue weighted by Crippen LogP contribution is 2.32. The van der Waals surface area contributed by atoms with E-state index in [4.69, 9.17) is 5.73 Å². The van der Waals surface area contributed by atoms with Crippen LogP contribution in [0.5, 0.6) is 0 Å². The Bertz CT molecular complexity index is 352. The third-order valence-electron chi connectivity index (χ3n) is 2.70. The Morgan fingerprint density at radius 2 is 2.29 bits per heavy atom. The highest BCUT2D eigenvalue weighted by molar-refractivity contribution is 5.53. The van der Waals surface area contributed by atoms with Gasteiger partial charge in [-0.3, -0.25) is 0 Å². The topological polar surface area (TPSA) is 72.5 Å². The quantitative estimate of drug-likeness (QED) is 0.638. The predicted molar refractivity (Wildman–Crippen MR) is 54.9 cm³/mol. The fourth-order valence-corrected chi connectivity index (χ4v) is 1.83. The molecule has 4 nitrogen and oxygen atoms in total. The molecule has 0 spiro atoms. The molecule has 2 rings (SSSR count). The average molecular weight is 193 g/mol. The van der Waals surface area contributed by atoms with Crippen LogP contribution in [0.15, 0.2) is 18.2 Å². The molecule has 0 saturated carbocycles. The molecule has 0 radical (unpaired) electrons. The molecule has 1 aliphatic carbocycles. The van der Waals surface area contributed by atoms with Gasteiger partial charge < -0.3 is 21.1 Å². The number of hydroxylamine groups is 1. The summed E-state index contributed by atoms with van der Waals surface area (Å²) in [5, 5.41) is 21.4. The van der Waals surface area contributed by atoms with Crippen molar-refractivity contribution < 1.29 is 5.11 Å². The summed E-state index contributed by atoms with van der Waals surface area (Å²) in [5.41, 5.74) is 8.29. The lowest BCUT2D eigenvalue weighted by atomic mass is 10.1. The minimum Gasteiger partial charge on any atom is -0.758 e. The summed E-state index contributed by atoms with van der Waals surface area (Å²) >= 11 is 0. The van der Waals surface area contributed by atoms with Crippen molar-refractivity contribution in [1.82, 2.24) is 0 Å². The van der Waals surface area contributed by atoms with Crippen LogP contribution in [0.1, 0.15) is 17.2 Å². The number of aliphatic hydroxyl groups excluding tert-OH is 1. The minimum absolute atomic E-state index is 0.357. The van der Waals surface area contributed by atoms with Crippen molar-refractivity contribution in [2.75, 3.05) is 12.1 Å². The van der Waals surface area contributed by atoms with Crippen molar-refractivity contribution >= 4 is 5.69 Å². The molecule has 1 unspecified atom stereocenters. The zero-order chi connectivity index (χ0) is 10.3. The summed E-state index contributed by atoms with van der Waals surface area (Å²) in [4.78, 5) is 0. The highest BCUT2D eigenvalue weighted by Gasteiger charge is 2.27. The van der Waals surface area contributed by atoms with E-state index >= 15 is 0 Å². The van der Waals surface area contributed by atoms with Crippen LogP contribution in [0.3, 0.4) is 0 Å². The van der Waals surface area contributed by atoms with Crippen LogP contribution >= 0.6 is 0 Å². The van der Waals surface area contributed by atoms with Gasteiger partial charge in [0.1, 0.15) is 0 Å². The Morgan fingerprint density at radius 1 is 1.57 bits per heavy atom. The van der Waals surface area contributed by atoms with Gasteiger partial charge in [0.2, 0.25) is 0 Å². The van der Waals surface area contributed by atoms with Gasteiger partial charge in [0.25, 0.3) is 0 Å². The van der Waals surface area contributed by atoms with Crippen LogP contribution in [0.2, 0.25) is 0 Å². The standard InChI is InChI=1S/C10H13N2O2/c1-12(14)7-3-2-6-4-9(13)10(11)8(6)5-7/h2-3,5,9-10,13H,4,11H2,1H3/q-1/t9-,10?/m0/s1. The molecular weight excluding hydrogens is 180 g/mol. The lowest BCUT2D eigenvalue weighted by Gasteiger charge is -2.25. The van der Waals surface area contributed by atoms with Crippen LogP contribution in [0, 0.1) is 5.21 Å². The fraction of sp³-hybridized carbons (Fsp3) is 0.400. The van der Waals surface area contributed by atoms with Gasteiger partial charge in [-0.1, -0.05) is 6.07 Å². The van der Waals surface area contributed by atoms with Gasteiger partial charge in [-0.05, 0) is 30.3 Å². The van der Waals surface area contributed by atoms with E-state index in [-0.39, 0.29) is 6.04 Å². The maximum atomic E-state index is 11.0. The Kier molecular flexibility index (Phi) is 2.19. The largest absolute Gasteiger partial charge is 0.758 e. The van der Waals surface area contributed by atoms with Crippen LogP contribution in [0.25, 0.3) is 0 Å². The van der Waals surface area contributed by atoms with Gasteiger partial charge in [-0.25, -0.2) is 0 Å². The van der Waals surface area contributed by atoms with Crippen molar-refractivity contribution in [3.63, 3.8) is 0 Å². The lowest BCUT2D eigenvalue weighted by molar-refractivity contribution is 0.158. The summed E-state index contributed by atoms with van der Waals surface area (Å²) in [6.07, 6.45) is 0.0662. The predicted octanol–water partition coefficient (Wildman–Crippen LogP) is 0.537. The second-order valence-corrected chi connectivity index (χ2v) is 3.68. The number of anilines is 1. The van der Waals surface area contributed by atoms with Crippen LogP contribution in [-0.2, 0) is 6.42 Å². The number of rotatable bonds is 1. The second kappa shape index (κ2) is 3.24. The lowest BCUT2D eigenvalue weighted by Crippen LogP contribution is -2.21. The molecule has 0 aromatic heterocycles. The monoisotopic (exact) mass is 193 g/mol. The first-order valence-corrected chi connectivity index (χ1v) is 4.57. The third-order valence-corrected chi connectivity index (χ3v) is 2.70. The normalized spacial score (nSPS) is 24.9. The van der Waals surface area contributed by atoms with Gasteiger partial charge >= 0.3 is 0 Å². The third kappa shape index (κ3) is 1.37. The van der Waals surface area contributed by atoms with E-state index in [9.17, 15) is 10.3 Å². The molecule has 1 aromatic carbocycles. The van der Waals surface area contributed by atoms with Crippen molar-refractivity contribution in [3.8, 4) is 0 Å². The summed E-state index contributed by atoms with van der Waals surface area (Å²) in [6.45, 7) is 0. The van der Waals surface area contributed by atoms with Gasteiger partial charge in [0.05, 0.1) is 12.1 Å². The van der Waals surface area contributed by atoms with Gasteiger partial charge in [0, 0.05) is 12.1 Å². The van der Waals surface area contributed by atoms with Crippen molar-refractivity contribution in [2.45, 2.75) is 18.6 Å². The molecule has 0 bridgehead atoms. The van der Waals surface area contributed by atoms with E-state index < -0.39 is 6.10 Å². The van der Waals surface area contributed by atoms with E-state index in [0.29, 0.717) is 12.1 Å². The number of aliphatic hydroxyl groups is 1. The van der Waals surface area contributed by atoms with Crippen molar-refractivity contribution in [1.29, 1.82) is 0 Å². The molecule has 1 aliphatic rings. The van der Waals surface area contributed by atoms with E-state index in [1.54, 1.807) is 12.1 Å². The molecule has 0 heterocycles. The van der Waals surface area contributed by atoms with Crippen LogP contribution < -0.4 is 10.8 Å². The zero-order valence-electron chi connectivity index (χ0n) is 7.97. The maximum absolute atomic E-state index is 11.0. The van der Waals surface area contributed by atoms with Gasteiger partial charge in [-0.15, -0.1) is 0 Å². The first kappa shape index (κ1) is 9.45. The molecule has 14 heavy (non-hydrogen) atoms. The zero-order valence-corrected chi connectivity index (χ0v) is 7.97. The number of nitrogens with zero attached hydrogens (tertiary/aromatic N) is 1. The van der Waals surface area contributed by atoms with E-state index in [1.807, 2.05) is 6.07 Å².